The van der Waals surface area contributed by atoms with E-state index >= 15 is 0 Å². The first-order valence-electron chi connectivity index (χ1n) is 7.16. The first-order valence-corrected chi connectivity index (χ1v) is 7.16. The molecule has 3 nitrogen and oxygen atoms in total. The van der Waals surface area contributed by atoms with Crippen molar-refractivity contribution in [1.29, 1.82) is 0 Å². The average molecular weight is 260 g/mol. The highest BCUT2D eigenvalue weighted by molar-refractivity contribution is 5.82. The predicted octanol–water partition coefficient (Wildman–Crippen LogP) is 3.38. The van der Waals surface area contributed by atoms with Gasteiger partial charge < -0.3 is 9.73 Å². The molecule has 0 unspecified atom stereocenters. The number of nitrogens with zero attached hydrogens (tertiary/aromatic N) is 1. The van der Waals surface area contributed by atoms with Gasteiger partial charge in [-0.2, -0.15) is 0 Å². The molecule has 0 amide bonds. The molecule has 0 aliphatic heterocycles. The number of nitrogens with one attached hydrogen (secondary N) is 1. The molecule has 0 spiro atoms. The molecule has 0 radical (unpaired) electrons. The fraction of sp³-hybridized carbons (Fsp3) is 0.500. The molecule has 2 rings (SSSR count). The largest absolute Gasteiger partial charge is 0.459 e. The summed E-state index contributed by atoms with van der Waals surface area (Å²) in [6.45, 7) is 8.41. The highest BCUT2D eigenvalue weighted by Gasteiger charge is 2.15. The normalized spacial score (nSPS) is 11.6. The minimum atomic E-state index is 0.785. The number of para-hydroxylation sites is 1. The summed E-state index contributed by atoms with van der Waals surface area (Å²) in [6.07, 6.45) is 1.19. The average Bonchev–Trinajstić information content (AvgIpc) is 2.77. The van der Waals surface area contributed by atoms with E-state index < -0.39 is 0 Å². The summed E-state index contributed by atoms with van der Waals surface area (Å²) in [7, 11) is 1.96. The van der Waals surface area contributed by atoms with Crippen LogP contribution in [0.15, 0.2) is 28.7 Å². The van der Waals surface area contributed by atoms with Gasteiger partial charge in [-0.05, 0) is 32.6 Å². The van der Waals surface area contributed by atoms with Gasteiger partial charge >= 0.3 is 0 Å². The highest BCUT2D eigenvalue weighted by atomic mass is 16.3. The Labute approximate surface area is 115 Å². The molecule has 2 aromatic rings. The second kappa shape index (κ2) is 6.73. The Morgan fingerprint density at radius 3 is 2.68 bits per heavy atom. The number of benzene rings is 1. The van der Waals surface area contributed by atoms with Crippen LogP contribution in [0.25, 0.3) is 11.0 Å². The van der Waals surface area contributed by atoms with Crippen LogP contribution in [-0.4, -0.2) is 25.0 Å². The van der Waals surface area contributed by atoms with Crippen molar-refractivity contribution in [1.82, 2.24) is 10.2 Å². The monoisotopic (exact) mass is 260 g/mol. The Kier molecular flexibility index (Phi) is 5.00. The Bertz CT molecular complexity index is 518. The SMILES string of the molecule is CCCN(CC)Cc1c(CNC)oc2ccccc12. The van der Waals surface area contributed by atoms with Crippen molar-refractivity contribution in [3.8, 4) is 0 Å². The Morgan fingerprint density at radius 2 is 2.00 bits per heavy atom. The summed E-state index contributed by atoms with van der Waals surface area (Å²) < 4.78 is 5.97. The molecule has 0 aliphatic rings. The van der Waals surface area contributed by atoms with Crippen LogP contribution in [0, 0.1) is 0 Å². The van der Waals surface area contributed by atoms with Gasteiger partial charge in [0.05, 0.1) is 6.54 Å². The third-order valence-electron chi connectivity index (χ3n) is 3.49. The number of furan rings is 1. The summed E-state index contributed by atoms with van der Waals surface area (Å²) in [5, 5.41) is 4.45. The molecule has 104 valence electrons. The van der Waals surface area contributed by atoms with E-state index in [2.05, 4.69) is 36.2 Å². The summed E-state index contributed by atoms with van der Waals surface area (Å²) in [6, 6.07) is 8.32. The molecule has 0 saturated carbocycles. The number of rotatable bonds is 7. The van der Waals surface area contributed by atoms with E-state index in [0.717, 1.165) is 37.5 Å². The number of hydrogen-bond acceptors (Lipinski definition) is 3. The van der Waals surface area contributed by atoms with Crippen LogP contribution < -0.4 is 5.32 Å². The maximum Gasteiger partial charge on any atom is 0.134 e. The van der Waals surface area contributed by atoms with Crippen molar-refractivity contribution < 1.29 is 4.42 Å². The number of hydrogen-bond donors (Lipinski definition) is 1. The lowest BCUT2D eigenvalue weighted by molar-refractivity contribution is 0.278. The fourth-order valence-corrected chi connectivity index (χ4v) is 2.51. The quantitative estimate of drug-likeness (QED) is 0.827. The molecular formula is C16H24N2O. The summed E-state index contributed by atoms with van der Waals surface area (Å²) in [5.41, 5.74) is 2.33. The van der Waals surface area contributed by atoms with Crippen molar-refractivity contribution >= 4 is 11.0 Å². The Balaban J connectivity index is 2.35. The predicted molar refractivity (Wildman–Crippen MR) is 80.2 cm³/mol. The summed E-state index contributed by atoms with van der Waals surface area (Å²) in [4.78, 5) is 2.47. The van der Waals surface area contributed by atoms with Crippen LogP contribution in [0.4, 0.5) is 0 Å². The first-order chi connectivity index (χ1) is 9.30. The van der Waals surface area contributed by atoms with Crippen LogP contribution in [0.5, 0.6) is 0 Å². The van der Waals surface area contributed by atoms with Crippen molar-refractivity contribution in [3.63, 3.8) is 0 Å². The smallest absolute Gasteiger partial charge is 0.134 e. The van der Waals surface area contributed by atoms with E-state index in [1.54, 1.807) is 0 Å². The lowest BCUT2D eigenvalue weighted by Crippen LogP contribution is -2.24. The van der Waals surface area contributed by atoms with E-state index in [9.17, 15) is 0 Å². The molecule has 1 heterocycles. The van der Waals surface area contributed by atoms with Crippen molar-refractivity contribution in [2.45, 2.75) is 33.4 Å². The molecule has 0 atom stereocenters. The maximum atomic E-state index is 5.97. The molecule has 19 heavy (non-hydrogen) atoms. The molecular weight excluding hydrogens is 236 g/mol. The second-order valence-electron chi connectivity index (χ2n) is 4.90. The molecule has 0 fully saturated rings. The van der Waals surface area contributed by atoms with Gasteiger partial charge in [0.15, 0.2) is 0 Å². The van der Waals surface area contributed by atoms with Gasteiger partial charge in [-0.3, -0.25) is 4.90 Å². The second-order valence-corrected chi connectivity index (χ2v) is 4.90. The summed E-state index contributed by atoms with van der Waals surface area (Å²) >= 11 is 0. The van der Waals surface area contributed by atoms with Crippen molar-refractivity contribution in [3.05, 3.63) is 35.6 Å². The highest BCUT2D eigenvalue weighted by Crippen LogP contribution is 2.27. The zero-order valence-corrected chi connectivity index (χ0v) is 12.2. The van der Waals surface area contributed by atoms with Gasteiger partial charge in [-0.25, -0.2) is 0 Å². The third-order valence-corrected chi connectivity index (χ3v) is 3.49. The van der Waals surface area contributed by atoms with Gasteiger partial charge in [0, 0.05) is 17.5 Å². The van der Waals surface area contributed by atoms with Crippen LogP contribution in [0.1, 0.15) is 31.6 Å². The van der Waals surface area contributed by atoms with Gasteiger partial charge in [0.25, 0.3) is 0 Å². The van der Waals surface area contributed by atoms with Gasteiger partial charge in [-0.1, -0.05) is 32.0 Å². The molecule has 3 heteroatoms. The maximum absolute atomic E-state index is 5.97. The molecule has 0 saturated heterocycles. The van der Waals surface area contributed by atoms with Crippen LogP contribution in [0.2, 0.25) is 0 Å². The van der Waals surface area contributed by atoms with Crippen LogP contribution in [-0.2, 0) is 13.1 Å². The van der Waals surface area contributed by atoms with E-state index in [0.29, 0.717) is 0 Å². The van der Waals surface area contributed by atoms with Crippen molar-refractivity contribution in [2.75, 3.05) is 20.1 Å². The van der Waals surface area contributed by atoms with E-state index in [1.807, 2.05) is 19.2 Å². The van der Waals surface area contributed by atoms with Gasteiger partial charge in [-0.15, -0.1) is 0 Å². The molecule has 0 bridgehead atoms. The zero-order chi connectivity index (χ0) is 13.7. The minimum Gasteiger partial charge on any atom is -0.459 e. The topological polar surface area (TPSA) is 28.4 Å². The molecule has 1 aromatic carbocycles. The first kappa shape index (κ1) is 14.1. The number of fused-ring (bicyclic) bond motifs is 1. The van der Waals surface area contributed by atoms with E-state index in [-0.39, 0.29) is 0 Å². The standard InChI is InChI=1S/C16H24N2O/c1-4-10-18(5-2)12-14-13-8-6-7-9-15(13)19-16(14)11-17-3/h6-9,17H,4-5,10-12H2,1-3H3. The van der Waals surface area contributed by atoms with E-state index in [1.165, 1.54) is 17.4 Å². The van der Waals surface area contributed by atoms with Gasteiger partial charge in [0.2, 0.25) is 0 Å². The van der Waals surface area contributed by atoms with Crippen LogP contribution in [0.3, 0.4) is 0 Å². The minimum absolute atomic E-state index is 0.785. The lowest BCUT2D eigenvalue weighted by atomic mass is 10.1. The zero-order valence-electron chi connectivity index (χ0n) is 12.2. The van der Waals surface area contributed by atoms with Crippen LogP contribution >= 0.6 is 0 Å². The molecule has 1 N–H and O–H groups in total. The lowest BCUT2D eigenvalue weighted by Gasteiger charge is -2.19. The third kappa shape index (κ3) is 3.17. The van der Waals surface area contributed by atoms with E-state index in [4.69, 9.17) is 4.42 Å². The Hall–Kier alpha value is -1.32. The summed E-state index contributed by atoms with van der Waals surface area (Å²) in [5.74, 6) is 1.07. The Morgan fingerprint density at radius 1 is 1.21 bits per heavy atom. The fourth-order valence-electron chi connectivity index (χ4n) is 2.51. The van der Waals surface area contributed by atoms with Gasteiger partial charge in [0.1, 0.15) is 11.3 Å². The van der Waals surface area contributed by atoms with Crippen molar-refractivity contribution in [2.24, 2.45) is 0 Å². The molecule has 0 aliphatic carbocycles. The molecule has 1 aromatic heterocycles.